The molecule has 0 saturated carbocycles. The standard InChI is InChI=1S/C22H22N2O3/c1-23(16-22(25)19-7-3-2-4-8-19)15-17-11-13-18(14-12-17)20-9-5-6-10-21(20)24(26)27/h2-14,22,25H,15-16H2,1H3/t22-/m0/s1. The van der Waals surface area contributed by atoms with Crippen LogP contribution in [0.3, 0.4) is 0 Å². The van der Waals surface area contributed by atoms with Gasteiger partial charge >= 0.3 is 0 Å². The third-order valence-corrected chi connectivity index (χ3v) is 4.49. The number of benzene rings is 3. The Morgan fingerprint density at radius 1 is 0.963 bits per heavy atom. The van der Waals surface area contributed by atoms with E-state index in [0.717, 1.165) is 16.7 Å². The zero-order valence-electron chi connectivity index (χ0n) is 15.2. The minimum atomic E-state index is -0.539. The van der Waals surface area contributed by atoms with E-state index in [9.17, 15) is 15.2 Å². The fourth-order valence-electron chi connectivity index (χ4n) is 3.12. The SMILES string of the molecule is CN(Cc1ccc(-c2ccccc2[N+](=O)[O-])cc1)C[C@H](O)c1ccccc1. The highest BCUT2D eigenvalue weighted by Gasteiger charge is 2.14. The largest absolute Gasteiger partial charge is 0.387 e. The van der Waals surface area contributed by atoms with Crippen LogP contribution < -0.4 is 0 Å². The molecule has 1 N–H and O–H groups in total. The van der Waals surface area contributed by atoms with Crippen LogP contribution in [0.1, 0.15) is 17.2 Å². The molecule has 5 nitrogen and oxygen atoms in total. The molecule has 0 heterocycles. The number of nitrogens with zero attached hydrogens (tertiary/aromatic N) is 2. The van der Waals surface area contributed by atoms with Gasteiger partial charge in [-0.2, -0.15) is 0 Å². The number of aliphatic hydroxyl groups is 1. The third-order valence-electron chi connectivity index (χ3n) is 4.49. The molecule has 0 radical (unpaired) electrons. The lowest BCUT2D eigenvalue weighted by Crippen LogP contribution is -2.24. The van der Waals surface area contributed by atoms with E-state index in [1.807, 2.05) is 61.6 Å². The zero-order valence-corrected chi connectivity index (χ0v) is 15.2. The van der Waals surface area contributed by atoms with Gasteiger partial charge in [0.15, 0.2) is 0 Å². The van der Waals surface area contributed by atoms with Gasteiger partial charge in [0.2, 0.25) is 0 Å². The Bertz CT molecular complexity index is 895. The maximum Gasteiger partial charge on any atom is 0.277 e. The second-order valence-corrected chi connectivity index (χ2v) is 6.59. The minimum Gasteiger partial charge on any atom is -0.387 e. The monoisotopic (exact) mass is 362 g/mol. The highest BCUT2D eigenvalue weighted by atomic mass is 16.6. The Hall–Kier alpha value is -3.02. The van der Waals surface area contributed by atoms with Crippen LogP contribution in [0.5, 0.6) is 0 Å². The van der Waals surface area contributed by atoms with Crippen LogP contribution in [0.15, 0.2) is 78.9 Å². The van der Waals surface area contributed by atoms with Crippen molar-refractivity contribution in [3.8, 4) is 11.1 Å². The highest BCUT2D eigenvalue weighted by Crippen LogP contribution is 2.29. The second-order valence-electron chi connectivity index (χ2n) is 6.59. The molecule has 0 amide bonds. The van der Waals surface area contributed by atoms with Gasteiger partial charge in [-0.05, 0) is 29.8 Å². The van der Waals surface area contributed by atoms with Gasteiger partial charge in [-0.25, -0.2) is 0 Å². The van der Waals surface area contributed by atoms with Gasteiger partial charge < -0.3 is 5.11 Å². The average Bonchev–Trinajstić information content (AvgIpc) is 2.69. The van der Waals surface area contributed by atoms with Gasteiger partial charge in [-0.3, -0.25) is 15.0 Å². The van der Waals surface area contributed by atoms with Crippen LogP contribution >= 0.6 is 0 Å². The first kappa shape index (κ1) is 18.8. The van der Waals surface area contributed by atoms with Crippen LogP contribution in [-0.4, -0.2) is 28.5 Å². The predicted octanol–water partition coefficient (Wildman–Crippen LogP) is 4.43. The van der Waals surface area contributed by atoms with E-state index < -0.39 is 6.10 Å². The molecule has 0 aliphatic rings. The number of hydrogen-bond donors (Lipinski definition) is 1. The molecule has 0 aliphatic heterocycles. The molecule has 3 rings (SSSR count). The summed E-state index contributed by atoms with van der Waals surface area (Å²) in [6, 6.07) is 24.1. The van der Waals surface area contributed by atoms with E-state index in [0.29, 0.717) is 18.7 Å². The van der Waals surface area contributed by atoms with Gasteiger partial charge in [-0.15, -0.1) is 0 Å². The van der Waals surface area contributed by atoms with Crippen LogP contribution in [0.2, 0.25) is 0 Å². The first-order valence-electron chi connectivity index (χ1n) is 8.79. The Labute approximate surface area is 158 Å². The average molecular weight is 362 g/mol. The van der Waals surface area contributed by atoms with E-state index in [1.165, 1.54) is 6.07 Å². The molecule has 0 fully saturated rings. The summed E-state index contributed by atoms with van der Waals surface area (Å²) in [7, 11) is 1.96. The summed E-state index contributed by atoms with van der Waals surface area (Å²) < 4.78 is 0. The molecule has 3 aromatic carbocycles. The van der Waals surface area contributed by atoms with Crippen LogP contribution in [0.4, 0.5) is 5.69 Å². The van der Waals surface area contributed by atoms with E-state index in [-0.39, 0.29) is 10.6 Å². The van der Waals surface area contributed by atoms with Crippen molar-refractivity contribution in [2.45, 2.75) is 12.6 Å². The number of likely N-dealkylation sites (N-methyl/N-ethyl adjacent to an activating group) is 1. The number of rotatable bonds is 7. The van der Waals surface area contributed by atoms with Crippen molar-refractivity contribution in [2.24, 2.45) is 0 Å². The number of hydrogen-bond acceptors (Lipinski definition) is 4. The molecule has 0 unspecified atom stereocenters. The van der Waals surface area contributed by atoms with Gasteiger partial charge in [-0.1, -0.05) is 66.7 Å². The van der Waals surface area contributed by atoms with Crippen LogP contribution in [-0.2, 0) is 6.54 Å². The molecular formula is C22H22N2O3. The summed E-state index contributed by atoms with van der Waals surface area (Å²) in [5, 5.41) is 21.5. The zero-order chi connectivity index (χ0) is 19.2. The molecule has 0 spiro atoms. The minimum absolute atomic E-state index is 0.105. The van der Waals surface area contributed by atoms with E-state index in [1.54, 1.807) is 18.2 Å². The summed E-state index contributed by atoms with van der Waals surface area (Å²) in [6.07, 6.45) is -0.539. The number of para-hydroxylation sites is 1. The molecule has 1 atom stereocenters. The maximum atomic E-state index is 11.2. The van der Waals surface area contributed by atoms with Gasteiger partial charge in [0, 0.05) is 19.2 Å². The summed E-state index contributed by atoms with van der Waals surface area (Å²) in [5.74, 6) is 0. The predicted molar refractivity (Wildman–Crippen MR) is 106 cm³/mol. The third kappa shape index (κ3) is 4.78. The molecular weight excluding hydrogens is 340 g/mol. The number of nitro benzene ring substituents is 1. The number of aliphatic hydroxyl groups excluding tert-OH is 1. The normalized spacial score (nSPS) is 12.1. The first-order chi connectivity index (χ1) is 13.0. The van der Waals surface area contributed by atoms with Gasteiger partial charge in [0.25, 0.3) is 5.69 Å². The molecule has 0 bridgehead atoms. The van der Waals surface area contributed by atoms with Crippen LogP contribution in [0.25, 0.3) is 11.1 Å². The summed E-state index contributed by atoms with van der Waals surface area (Å²) in [5.41, 5.74) is 3.52. The molecule has 0 aromatic heterocycles. The topological polar surface area (TPSA) is 66.6 Å². The number of nitro groups is 1. The highest BCUT2D eigenvalue weighted by molar-refractivity contribution is 5.73. The molecule has 0 saturated heterocycles. The van der Waals surface area contributed by atoms with Crippen molar-refractivity contribution in [3.63, 3.8) is 0 Å². The van der Waals surface area contributed by atoms with Gasteiger partial charge in [0.05, 0.1) is 16.6 Å². The van der Waals surface area contributed by atoms with Gasteiger partial charge in [0.1, 0.15) is 0 Å². The summed E-state index contributed by atoms with van der Waals surface area (Å²) >= 11 is 0. The Morgan fingerprint density at radius 3 is 2.26 bits per heavy atom. The van der Waals surface area contributed by atoms with Crippen molar-refractivity contribution in [3.05, 3.63) is 100 Å². The molecule has 5 heteroatoms. The summed E-state index contributed by atoms with van der Waals surface area (Å²) in [4.78, 5) is 12.9. The second kappa shape index (κ2) is 8.58. The fourth-order valence-corrected chi connectivity index (χ4v) is 3.12. The first-order valence-corrected chi connectivity index (χ1v) is 8.79. The van der Waals surface area contributed by atoms with Crippen LogP contribution in [0, 0.1) is 10.1 Å². The molecule has 0 aliphatic carbocycles. The molecule has 3 aromatic rings. The molecule has 27 heavy (non-hydrogen) atoms. The van der Waals surface area contributed by atoms with Crippen molar-refractivity contribution in [1.82, 2.24) is 4.90 Å². The van der Waals surface area contributed by atoms with Crippen molar-refractivity contribution < 1.29 is 10.0 Å². The lowest BCUT2D eigenvalue weighted by atomic mass is 10.0. The van der Waals surface area contributed by atoms with Crippen molar-refractivity contribution in [2.75, 3.05) is 13.6 Å². The lowest BCUT2D eigenvalue weighted by Gasteiger charge is -2.21. The van der Waals surface area contributed by atoms with E-state index >= 15 is 0 Å². The van der Waals surface area contributed by atoms with Crippen molar-refractivity contribution in [1.29, 1.82) is 0 Å². The summed E-state index contributed by atoms with van der Waals surface area (Å²) in [6.45, 7) is 1.21. The van der Waals surface area contributed by atoms with Crippen molar-refractivity contribution >= 4 is 5.69 Å². The lowest BCUT2D eigenvalue weighted by molar-refractivity contribution is -0.384. The molecule has 138 valence electrons. The Kier molecular flexibility index (Phi) is 5.96. The smallest absolute Gasteiger partial charge is 0.277 e. The maximum absolute atomic E-state index is 11.2. The van der Waals surface area contributed by atoms with E-state index in [2.05, 4.69) is 4.90 Å². The Balaban J connectivity index is 1.67. The Morgan fingerprint density at radius 2 is 1.59 bits per heavy atom. The fraction of sp³-hybridized carbons (Fsp3) is 0.182. The van der Waals surface area contributed by atoms with E-state index in [4.69, 9.17) is 0 Å². The quantitative estimate of drug-likeness (QED) is 0.499.